The number of aryl methyl sites for hydroxylation is 2. The number of hydrogen-bond donors (Lipinski definition) is 1. The molecule has 4 aromatic heterocycles. The maximum Gasteiger partial charge on any atom is 4.00 e. The van der Waals surface area contributed by atoms with Crippen molar-refractivity contribution in [1.29, 1.82) is 0 Å². The van der Waals surface area contributed by atoms with Crippen molar-refractivity contribution in [2.45, 2.75) is 119 Å². The smallest absolute Gasteiger partial charge is 0.655 e. The van der Waals surface area contributed by atoms with Crippen molar-refractivity contribution in [3.8, 4) is 43.9 Å². The van der Waals surface area contributed by atoms with E-state index in [9.17, 15) is 0 Å². The first-order chi connectivity index (χ1) is 54.8. The van der Waals surface area contributed by atoms with E-state index >= 15 is 0 Å². The SMILES string of the molecule is Cc1csc(-c2ccc(-c3c4ccc(C(C)(C)C)cc4cc4ccc(C(C)(C)C)cc34)[n-]2)n1.Cc1csc(-c2ccc(-c3c4ccc(C(C)(C)C)cc4cc4ccc(C(C)(C)C)cc34)[nH]2)n1.[CH2-]c1ccccc1.[CH2-]c1ccccc1.[CH2-]c1ccccc1.[CH2-]c1ccccc1.[CH2-]c1ccccc1.[CH2-]c1ccccc1.[CH2-]c1ccccc1.[Hf+4].[Hf]. The first-order valence-electron chi connectivity index (χ1n) is 39.1. The van der Waals surface area contributed by atoms with Crippen molar-refractivity contribution >= 4 is 65.8 Å². The fraction of sp³-hybridized carbons (Fsp3) is 0.165. The zero-order chi connectivity index (χ0) is 82.9. The summed E-state index contributed by atoms with van der Waals surface area (Å²) in [7, 11) is 0. The third-order valence-electron chi connectivity index (χ3n) is 18.8. The second kappa shape index (κ2) is 44.2. The van der Waals surface area contributed by atoms with Gasteiger partial charge in [-0.3, -0.25) is 0 Å². The maximum atomic E-state index is 5.08. The van der Waals surface area contributed by atoms with Crippen molar-refractivity contribution in [3.05, 3.63) is 453 Å². The Bertz CT molecular complexity index is 5180. The van der Waals surface area contributed by atoms with Crippen LogP contribution in [-0.2, 0) is 73.3 Å². The molecule has 0 fully saturated rings. The van der Waals surface area contributed by atoms with Crippen molar-refractivity contribution < 1.29 is 51.7 Å². The summed E-state index contributed by atoms with van der Waals surface area (Å²) in [4.78, 5) is 18.1. The van der Waals surface area contributed by atoms with Gasteiger partial charge in [-0.05, 0) is 137 Å². The van der Waals surface area contributed by atoms with E-state index in [2.05, 4.69) is 266 Å². The second-order valence-electron chi connectivity index (χ2n) is 32.7. The van der Waals surface area contributed by atoms with Gasteiger partial charge in [0.2, 0.25) is 0 Å². The van der Waals surface area contributed by atoms with Crippen molar-refractivity contribution in [1.82, 2.24) is 19.9 Å². The third kappa shape index (κ3) is 29.0. The molecule has 13 aromatic carbocycles. The molecule has 0 unspecified atom stereocenters. The fourth-order valence-corrected chi connectivity index (χ4v) is 13.8. The monoisotopic (exact) mass is 1900 g/mol. The molecule has 0 saturated heterocycles. The van der Waals surface area contributed by atoms with Gasteiger partial charge >= 0.3 is 25.8 Å². The first kappa shape index (κ1) is 93.7. The quantitative estimate of drug-likeness (QED) is 0.109. The van der Waals surface area contributed by atoms with Gasteiger partial charge in [0.05, 0.1) is 5.69 Å². The Balaban J connectivity index is 0.000000204. The number of thiazole rings is 2. The van der Waals surface area contributed by atoms with Gasteiger partial charge in [-0.1, -0.05) is 210 Å². The molecule has 0 radical (unpaired) electrons. The minimum Gasteiger partial charge on any atom is -0.655 e. The van der Waals surface area contributed by atoms with Crippen molar-refractivity contribution in [3.63, 3.8) is 0 Å². The minimum atomic E-state index is 0. The zero-order valence-corrected chi connectivity index (χ0v) is 79.7. The van der Waals surface area contributed by atoms with E-state index in [-0.39, 0.29) is 73.3 Å². The Morgan fingerprint density at radius 1 is 0.274 bits per heavy atom. The van der Waals surface area contributed by atoms with E-state index < -0.39 is 0 Å². The molecule has 8 heteroatoms. The molecule has 1 N–H and O–H groups in total. The molecule has 17 aromatic rings. The van der Waals surface area contributed by atoms with Crippen LogP contribution in [-0.4, -0.2) is 15.0 Å². The molecule has 0 aliphatic carbocycles. The average Bonchev–Trinajstić information content (AvgIpc) is 1.74. The number of aromatic nitrogens is 4. The van der Waals surface area contributed by atoms with Crippen LogP contribution < -0.4 is 4.98 Å². The molecular weight excluding hydrogens is 1790 g/mol. The van der Waals surface area contributed by atoms with E-state index in [0.29, 0.717) is 0 Å². The first-order valence-corrected chi connectivity index (χ1v) is 40.8. The number of aromatic amines is 1. The van der Waals surface area contributed by atoms with Crippen LogP contribution in [0.25, 0.3) is 87.0 Å². The second-order valence-corrected chi connectivity index (χ2v) is 34.5. The molecule has 0 bridgehead atoms. The van der Waals surface area contributed by atoms with Crippen molar-refractivity contribution in [2.75, 3.05) is 0 Å². The van der Waals surface area contributed by atoms with Crippen LogP contribution in [0.15, 0.2) is 332 Å². The Morgan fingerprint density at radius 3 is 0.838 bits per heavy atom. The summed E-state index contributed by atoms with van der Waals surface area (Å²) in [6, 6.07) is 110. The van der Waals surface area contributed by atoms with Gasteiger partial charge in [-0.25, -0.2) is 9.97 Å². The predicted octanol–water partition coefficient (Wildman–Crippen LogP) is 30.7. The van der Waals surface area contributed by atoms with Crippen LogP contribution in [0, 0.1) is 62.3 Å². The van der Waals surface area contributed by atoms with Crippen molar-refractivity contribution in [2.24, 2.45) is 0 Å². The molecule has 0 aliphatic rings. The number of nitrogens with zero attached hydrogens (tertiary/aromatic N) is 3. The van der Waals surface area contributed by atoms with E-state index in [4.69, 9.17) is 4.98 Å². The Kier molecular flexibility index (Phi) is 35.4. The topological polar surface area (TPSA) is 55.7 Å². The molecule has 592 valence electrons. The summed E-state index contributed by atoms with van der Waals surface area (Å²) in [6.07, 6.45) is 0. The Labute approximate surface area is 746 Å². The van der Waals surface area contributed by atoms with Crippen LogP contribution in [0.2, 0.25) is 0 Å². The minimum absolute atomic E-state index is 0. The van der Waals surface area contributed by atoms with Crippen LogP contribution in [0.5, 0.6) is 0 Å². The number of nitrogens with one attached hydrogen (secondary N) is 1. The number of H-pyrrole nitrogens is 1. The van der Waals surface area contributed by atoms with E-state index in [0.717, 1.165) is 83.1 Å². The summed E-state index contributed by atoms with van der Waals surface area (Å²) in [5.74, 6) is 0. The molecule has 0 saturated carbocycles. The van der Waals surface area contributed by atoms with Gasteiger partial charge in [0.15, 0.2) is 0 Å². The van der Waals surface area contributed by atoms with E-state index in [1.807, 2.05) is 226 Å². The molecule has 4 heterocycles. The molecule has 4 nitrogen and oxygen atoms in total. The van der Waals surface area contributed by atoms with Crippen LogP contribution in [0.4, 0.5) is 0 Å². The average molecular weight is 1900 g/mol. The Morgan fingerprint density at radius 2 is 0.547 bits per heavy atom. The van der Waals surface area contributed by atoms with Gasteiger partial charge in [0.25, 0.3) is 0 Å². The molecule has 0 aliphatic heterocycles. The van der Waals surface area contributed by atoms with Crippen LogP contribution >= 0.6 is 22.7 Å². The zero-order valence-electron chi connectivity index (χ0n) is 70.9. The predicted molar refractivity (Wildman–Crippen MR) is 504 cm³/mol. The summed E-state index contributed by atoms with van der Waals surface area (Å²) >= 11 is 3.34. The normalized spacial score (nSPS) is 10.8. The van der Waals surface area contributed by atoms with Gasteiger partial charge in [0, 0.05) is 59.2 Å². The fourth-order valence-electron chi connectivity index (χ4n) is 12.3. The number of rotatable bonds is 4. The summed E-state index contributed by atoms with van der Waals surface area (Å²) in [5.41, 5.74) is 22.1. The molecule has 117 heavy (non-hydrogen) atoms. The van der Waals surface area contributed by atoms with Gasteiger partial charge < -0.3 is 9.97 Å². The standard InChI is InChI=1S/C30H32N2S.C30H31N2S.7C7H7.2Hf/c2*1-18-17-33-28(31-18)26-13-12-25(32-26)27-23-11-10-21(29(2,3)4)15-20(23)14-19-8-9-22(16-24(19)27)30(5,6)7;7*1-7-5-3-2-4-6-7;;/h8-17,32H,1-7H3;8-17H,1-7H3;7*2-6H,1H2;;/q;8*-1;;+4. The van der Waals surface area contributed by atoms with Gasteiger partial charge in [0.1, 0.15) is 10.0 Å². The van der Waals surface area contributed by atoms with Gasteiger partial charge in [-0.2, -0.15) is 172 Å². The number of benzene rings is 13. The number of fused-ring (bicyclic) bond motifs is 4. The largest absolute Gasteiger partial charge is 4.00 e. The Hall–Kier alpha value is -10.4. The van der Waals surface area contributed by atoms with Gasteiger partial charge in [-0.15, -0.1) is 113 Å². The molecule has 0 spiro atoms. The number of hydrogen-bond acceptors (Lipinski definition) is 4. The molecular formula is C109H112Hf2N4S2-4. The molecule has 0 amide bonds. The van der Waals surface area contributed by atoms with E-state index in [1.54, 1.807) is 22.7 Å². The van der Waals surface area contributed by atoms with Crippen LogP contribution in [0.1, 0.15) is 156 Å². The molecule has 0 atom stereocenters. The summed E-state index contributed by atoms with van der Waals surface area (Å²) in [6.45, 7) is 57.4. The maximum absolute atomic E-state index is 5.08. The van der Waals surface area contributed by atoms with Crippen LogP contribution in [0.3, 0.4) is 0 Å². The third-order valence-corrected chi connectivity index (χ3v) is 20.8. The molecule has 17 rings (SSSR count). The van der Waals surface area contributed by atoms with E-state index in [1.165, 1.54) is 76.5 Å². The summed E-state index contributed by atoms with van der Waals surface area (Å²) < 4.78 is 0. The summed E-state index contributed by atoms with van der Waals surface area (Å²) in [5, 5.41) is 16.4.